The standard InChI is InChI=1S/C23H23N2/c1-15-11-23(25(5)14-18(15)4)22-12-21(16(2)10-17(22)3)20-8-6-19(13-24)7-9-20/h6-12,14H,1-5H3/q+1/i1D3,2D3,4D3. The molecule has 0 aliphatic heterocycles. The van der Waals surface area contributed by atoms with Crippen LogP contribution in [0.1, 0.15) is 40.2 Å². The van der Waals surface area contributed by atoms with Crippen molar-refractivity contribution in [2.75, 3.05) is 0 Å². The molecular weight excluding hydrogens is 304 g/mol. The summed E-state index contributed by atoms with van der Waals surface area (Å²) >= 11 is 0. The van der Waals surface area contributed by atoms with Crippen molar-refractivity contribution in [3.8, 4) is 28.5 Å². The van der Waals surface area contributed by atoms with E-state index in [1.165, 1.54) is 16.8 Å². The Hall–Kier alpha value is -2.92. The van der Waals surface area contributed by atoms with E-state index in [4.69, 9.17) is 17.6 Å². The Balaban J connectivity index is 2.35. The molecule has 2 nitrogen and oxygen atoms in total. The minimum absolute atomic E-state index is 0.122. The van der Waals surface area contributed by atoms with Crippen molar-refractivity contribution in [1.82, 2.24) is 0 Å². The van der Waals surface area contributed by atoms with E-state index >= 15 is 0 Å². The molecule has 1 aromatic heterocycles. The number of hydrogen-bond acceptors (Lipinski definition) is 1. The van der Waals surface area contributed by atoms with E-state index < -0.39 is 20.6 Å². The second-order valence-electron chi connectivity index (χ2n) is 6.00. The Kier molecular flexibility index (Phi) is 2.34. The van der Waals surface area contributed by atoms with Crippen LogP contribution in [0.15, 0.2) is 48.7 Å². The summed E-state index contributed by atoms with van der Waals surface area (Å²) in [7, 11) is 1.62. The van der Waals surface area contributed by atoms with Crippen LogP contribution >= 0.6 is 0 Å². The Labute approximate surface area is 162 Å². The van der Waals surface area contributed by atoms with Crippen LogP contribution in [0.5, 0.6) is 0 Å². The van der Waals surface area contributed by atoms with E-state index in [1.807, 2.05) is 6.07 Å². The minimum atomic E-state index is -2.66. The summed E-state index contributed by atoms with van der Waals surface area (Å²) in [4.78, 5) is 0. The lowest BCUT2D eigenvalue weighted by atomic mass is 9.92. The molecule has 0 atom stereocenters. The third-order valence-corrected chi connectivity index (χ3v) is 4.24. The molecule has 3 aromatic rings. The van der Waals surface area contributed by atoms with Crippen LogP contribution < -0.4 is 4.57 Å². The third-order valence-electron chi connectivity index (χ3n) is 4.24. The number of benzene rings is 2. The average molecular weight is 337 g/mol. The summed E-state index contributed by atoms with van der Waals surface area (Å²) in [6, 6.07) is 13.1. The van der Waals surface area contributed by atoms with Crippen LogP contribution in [0.25, 0.3) is 22.4 Å². The normalized spacial score (nSPS) is 17.4. The molecule has 0 saturated carbocycles. The summed E-state index contributed by atoms with van der Waals surface area (Å²) in [6.45, 7) is -5.97. The summed E-state index contributed by atoms with van der Waals surface area (Å²) in [5, 5.41) is 9.09. The van der Waals surface area contributed by atoms with Crippen molar-refractivity contribution in [2.24, 2.45) is 7.05 Å². The molecule has 3 rings (SSSR count). The van der Waals surface area contributed by atoms with E-state index in [0.717, 1.165) is 0 Å². The number of aromatic nitrogens is 1. The highest BCUT2D eigenvalue weighted by Gasteiger charge is 2.16. The van der Waals surface area contributed by atoms with Gasteiger partial charge in [-0.25, -0.2) is 4.57 Å². The van der Waals surface area contributed by atoms with Gasteiger partial charge in [0.05, 0.1) is 11.6 Å². The number of pyridine rings is 1. The zero-order chi connectivity index (χ0) is 25.6. The van der Waals surface area contributed by atoms with Gasteiger partial charge in [-0.3, -0.25) is 0 Å². The first-order chi connectivity index (χ1) is 15.5. The maximum absolute atomic E-state index is 9.09. The first-order valence-electron chi connectivity index (χ1n) is 12.2. The molecule has 2 heteroatoms. The lowest BCUT2D eigenvalue weighted by Crippen LogP contribution is -2.31. The topological polar surface area (TPSA) is 27.7 Å². The van der Waals surface area contributed by atoms with E-state index in [1.54, 1.807) is 50.4 Å². The van der Waals surface area contributed by atoms with Crippen LogP contribution in [0.4, 0.5) is 0 Å². The Morgan fingerprint density at radius 2 is 1.60 bits per heavy atom. The first-order valence-corrected chi connectivity index (χ1v) is 7.74. The molecule has 0 N–H and O–H groups in total. The molecule has 25 heavy (non-hydrogen) atoms. The molecule has 2 aromatic carbocycles. The van der Waals surface area contributed by atoms with Crippen molar-refractivity contribution in [1.29, 1.82) is 5.26 Å². The zero-order valence-electron chi connectivity index (χ0n) is 23.0. The predicted octanol–water partition coefficient (Wildman–Crippen LogP) is 4.95. The lowest BCUT2D eigenvalue weighted by Gasteiger charge is -2.13. The largest absolute Gasteiger partial charge is 0.212 e. The van der Waals surface area contributed by atoms with Crippen molar-refractivity contribution in [3.63, 3.8) is 0 Å². The molecule has 0 saturated heterocycles. The molecule has 0 amide bonds. The van der Waals surface area contributed by atoms with Gasteiger partial charge in [-0.2, -0.15) is 5.26 Å². The van der Waals surface area contributed by atoms with Crippen LogP contribution in [0, 0.1) is 38.8 Å². The average Bonchev–Trinajstić information content (AvgIpc) is 2.71. The van der Waals surface area contributed by atoms with Gasteiger partial charge in [-0.15, -0.1) is 0 Å². The summed E-state index contributed by atoms with van der Waals surface area (Å²) in [5.74, 6) is 0. The molecule has 0 radical (unpaired) electrons. The molecule has 0 unspecified atom stereocenters. The summed E-state index contributed by atoms with van der Waals surface area (Å²) < 4.78 is 72.5. The molecule has 0 aliphatic carbocycles. The Bertz CT molecular complexity index is 1280. The fourth-order valence-electron chi connectivity index (χ4n) is 2.86. The van der Waals surface area contributed by atoms with Gasteiger partial charge < -0.3 is 0 Å². The maximum Gasteiger partial charge on any atom is 0.212 e. The number of nitrogens with zero attached hydrogens (tertiary/aromatic N) is 2. The molecule has 0 bridgehead atoms. The highest BCUT2D eigenvalue weighted by molar-refractivity contribution is 5.76. The van der Waals surface area contributed by atoms with E-state index in [2.05, 4.69) is 0 Å². The number of hydrogen-bond donors (Lipinski definition) is 0. The SMILES string of the molecule is [2H]C([2H])([2H])c1cc(C)c(-c2cc(C([2H])([2H])[2H])c(C([2H])([2H])[2H])c[n+]2C)cc1-c1ccc(C#N)cc1. The van der Waals surface area contributed by atoms with Gasteiger partial charge in [0, 0.05) is 29.5 Å². The van der Waals surface area contributed by atoms with Crippen LogP contribution in [-0.2, 0) is 7.05 Å². The number of aryl methyl sites for hydroxylation is 5. The molecule has 0 aliphatic rings. The van der Waals surface area contributed by atoms with Crippen molar-refractivity contribution < 1.29 is 16.9 Å². The number of nitriles is 1. The van der Waals surface area contributed by atoms with Gasteiger partial charge in [-0.05, 0) is 73.5 Å². The van der Waals surface area contributed by atoms with Crippen molar-refractivity contribution >= 4 is 0 Å². The Morgan fingerprint density at radius 3 is 2.24 bits per heavy atom. The monoisotopic (exact) mass is 336 g/mol. The van der Waals surface area contributed by atoms with E-state index in [0.29, 0.717) is 33.5 Å². The minimum Gasteiger partial charge on any atom is -0.201 e. The smallest absolute Gasteiger partial charge is 0.201 e. The van der Waals surface area contributed by atoms with Crippen LogP contribution in [-0.4, -0.2) is 0 Å². The number of rotatable bonds is 2. The van der Waals surface area contributed by atoms with Gasteiger partial charge in [0.25, 0.3) is 0 Å². The van der Waals surface area contributed by atoms with Gasteiger partial charge in [0.1, 0.15) is 7.05 Å². The summed E-state index contributed by atoms with van der Waals surface area (Å²) in [6.07, 6.45) is 1.29. The molecule has 0 fully saturated rings. The zero-order valence-corrected chi connectivity index (χ0v) is 14.0. The van der Waals surface area contributed by atoms with Crippen molar-refractivity contribution in [3.05, 3.63) is 76.5 Å². The molecule has 1 heterocycles. The maximum atomic E-state index is 9.09. The van der Waals surface area contributed by atoms with E-state index in [9.17, 15) is 0 Å². The molecule has 124 valence electrons. The molecule has 0 spiro atoms. The third kappa shape index (κ3) is 3.19. The fraction of sp³-hybridized carbons (Fsp3) is 0.217. The quantitative estimate of drug-likeness (QED) is 0.608. The fourth-order valence-corrected chi connectivity index (χ4v) is 2.86. The Morgan fingerprint density at radius 1 is 0.880 bits per heavy atom. The van der Waals surface area contributed by atoms with Crippen LogP contribution in [0.2, 0.25) is 0 Å². The van der Waals surface area contributed by atoms with Gasteiger partial charge in [0.2, 0.25) is 5.69 Å². The second-order valence-corrected chi connectivity index (χ2v) is 6.00. The van der Waals surface area contributed by atoms with Gasteiger partial charge >= 0.3 is 0 Å². The molecular formula is C23H23N2+. The van der Waals surface area contributed by atoms with Gasteiger partial charge in [-0.1, -0.05) is 18.2 Å². The summed E-state index contributed by atoms with van der Waals surface area (Å²) in [5.41, 5.74) is 2.61. The lowest BCUT2D eigenvalue weighted by molar-refractivity contribution is -0.660. The highest BCUT2D eigenvalue weighted by Crippen LogP contribution is 2.31. The first kappa shape index (κ1) is 8.97. The highest BCUT2D eigenvalue weighted by atomic mass is 14.9. The van der Waals surface area contributed by atoms with E-state index in [-0.39, 0.29) is 16.7 Å². The van der Waals surface area contributed by atoms with Crippen LogP contribution in [0.3, 0.4) is 0 Å². The second kappa shape index (κ2) is 6.53. The van der Waals surface area contributed by atoms with Crippen molar-refractivity contribution in [2.45, 2.75) is 27.5 Å². The predicted molar refractivity (Wildman–Crippen MR) is 102 cm³/mol. The van der Waals surface area contributed by atoms with Gasteiger partial charge in [0.15, 0.2) is 6.20 Å².